The number of carboxylic acids is 1. The fraction of sp³-hybridized carbons (Fsp3) is 0.211. The number of thiazole rings is 1. The Bertz CT molecular complexity index is 1180. The second-order valence-corrected chi connectivity index (χ2v) is 10.8. The average molecular weight is 570 g/mol. The Labute approximate surface area is 208 Å². The molecule has 2 aromatic rings. The number of nitrogens with two attached hydrogens (primary N) is 1. The van der Waals surface area contributed by atoms with E-state index in [4.69, 9.17) is 10.6 Å². The molecule has 0 saturated carbocycles. The fourth-order valence-corrected chi connectivity index (χ4v) is 6.50. The molecule has 0 radical (unpaired) electrons. The standard InChI is InChI=1S/C19H16BrN5O5S3/c1-30-24-12(10-6-32-19(21)22-10)15(26)23-13-16(27)25-14(18(28)29)11(7-31-17(13)25)33-9-4-2-8(20)3-5-9/h2-6,13,17H,7H2,1H3,(H2,21,22)(H,23,26)(H,28,29)/b24-12+/t13-,17-/m1/s1. The maximum absolute atomic E-state index is 12.9. The molecule has 2 atom stereocenters. The lowest BCUT2D eigenvalue weighted by Gasteiger charge is -2.49. The molecule has 2 amide bonds. The van der Waals surface area contributed by atoms with Gasteiger partial charge >= 0.3 is 5.97 Å². The van der Waals surface area contributed by atoms with Gasteiger partial charge in [-0.15, -0.1) is 23.1 Å². The lowest BCUT2D eigenvalue weighted by Crippen LogP contribution is -2.71. The number of amides is 2. The number of oxime groups is 1. The number of carbonyl (C=O) groups is 3. The number of carbonyl (C=O) groups excluding carboxylic acids is 2. The highest BCUT2D eigenvalue weighted by Gasteiger charge is 2.54. The second-order valence-electron chi connectivity index (χ2n) is 6.69. The molecular formula is C19H16BrN5O5S3. The number of anilines is 1. The fourth-order valence-electron chi connectivity index (χ4n) is 3.22. The minimum atomic E-state index is -1.20. The number of β-lactam (4-membered cyclic amide) rings is 1. The monoisotopic (exact) mass is 569 g/mol. The van der Waals surface area contributed by atoms with E-state index in [1.54, 1.807) is 5.38 Å². The van der Waals surface area contributed by atoms with Crippen molar-refractivity contribution in [3.8, 4) is 0 Å². The van der Waals surface area contributed by atoms with Crippen molar-refractivity contribution in [3.05, 3.63) is 50.4 Å². The molecule has 172 valence electrons. The average Bonchev–Trinajstić information content (AvgIpc) is 3.22. The van der Waals surface area contributed by atoms with E-state index >= 15 is 0 Å². The Kier molecular flexibility index (Phi) is 6.97. The third-order valence-corrected chi connectivity index (χ3v) is 8.40. The Hall–Kier alpha value is -2.55. The molecule has 1 aromatic heterocycles. The van der Waals surface area contributed by atoms with E-state index in [1.165, 1.54) is 35.5 Å². The summed E-state index contributed by atoms with van der Waals surface area (Å²) in [6, 6.07) is 6.53. The summed E-state index contributed by atoms with van der Waals surface area (Å²) >= 11 is 7.18. The predicted octanol–water partition coefficient (Wildman–Crippen LogP) is 2.33. The van der Waals surface area contributed by atoms with Crippen LogP contribution in [0.3, 0.4) is 0 Å². The highest BCUT2D eigenvalue weighted by molar-refractivity contribution is 9.10. The molecule has 0 aliphatic carbocycles. The molecule has 2 aliphatic rings. The van der Waals surface area contributed by atoms with Gasteiger partial charge in [0.05, 0.1) is 0 Å². The van der Waals surface area contributed by atoms with Gasteiger partial charge in [-0.2, -0.15) is 0 Å². The van der Waals surface area contributed by atoms with Crippen molar-refractivity contribution in [2.45, 2.75) is 16.3 Å². The molecule has 1 fully saturated rings. The summed E-state index contributed by atoms with van der Waals surface area (Å²) in [5.41, 5.74) is 5.65. The van der Waals surface area contributed by atoms with Gasteiger partial charge in [0.1, 0.15) is 29.9 Å². The molecule has 3 heterocycles. The number of nitrogen functional groups attached to an aromatic ring is 1. The van der Waals surface area contributed by atoms with Gasteiger partial charge in [-0.25, -0.2) is 9.78 Å². The van der Waals surface area contributed by atoms with E-state index in [-0.39, 0.29) is 22.2 Å². The molecule has 0 spiro atoms. The largest absolute Gasteiger partial charge is 0.477 e. The lowest BCUT2D eigenvalue weighted by molar-refractivity contribution is -0.150. The number of fused-ring (bicyclic) bond motifs is 1. The molecule has 14 heteroatoms. The van der Waals surface area contributed by atoms with Crippen LogP contribution in [0.4, 0.5) is 5.13 Å². The maximum Gasteiger partial charge on any atom is 0.353 e. The first-order chi connectivity index (χ1) is 15.8. The SMILES string of the molecule is CO/N=C(/C(=O)N[C@@H]1C(=O)N2C(C(=O)O)=C(Sc3ccc(Br)cc3)CS[C@H]12)c1csc(N)n1. The minimum Gasteiger partial charge on any atom is -0.477 e. The highest BCUT2D eigenvalue weighted by Crippen LogP contribution is 2.45. The number of benzene rings is 1. The van der Waals surface area contributed by atoms with Crippen LogP contribution in [0.1, 0.15) is 5.69 Å². The van der Waals surface area contributed by atoms with Gasteiger partial charge in [-0.3, -0.25) is 14.5 Å². The van der Waals surface area contributed by atoms with Crippen LogP contribution in [-0.4, -0.2) is 62.8 Å². The smallest absolute Gasteiger partial charge is 0.353 e. The third-order valence-electron chi connectivity index (χ3n) is 4.64. The van der Waals surface area contributed by atoms with Gasteiger partial charge in [-0.1, -0.05) is 32.8 Å². The predicted molar refractivity (Wildman–Crippen MR) is 130 cm³/mol. The van der Waals surface area contributed by atoms with E-state index in [0.717, 1.165) is 20.7 Å². The van der Waals surface area contributed by atoms with Gasteiger partial charge in [0.15, 0.2) is 10.8 Å². The van der Waals surface area contributed by atoms with E-state index in [2.05, 4.69) is 31.4 Å². The van der Waals surface area contributed by atoms with Gasteiger partial charge in [0.25, 0.3) is 11.8 Å². The summed E-state index contributed by atoms with van der Waals surface area (Å²) in [5.74, 6) is -2.00. The van der Waals surface area contributed by atoms with Crippen molar-refractivity contribution >= 4 is 79.4 Å². The molecule has 1 saturated heterocycles. The van der Waals surface area contributed by atoms with Gasteiger partial charge in [0.2, 0.25) is 0 Å². The zero-order valence-corrected chi connectivity index (χ0v) is 20.9. The zero-order chi connectivity index (χ0) is 23.7. The quantitative estimate of drug-likeness (QED) is 0.259. The van der Waals surface area contributed by atoms with Crippen LogP contribution in [0.2, 0.25) is 0 Å². The molecule has 4 N–H and O–H groups in total. The first-order valence-corrected chi connectivity index (χ1v) is 12.8. The number of aliphatic carboxylic acids is 1. The number of hydrogen-bond donors (Lipinski definition) is 3. The topological polar surface area (TPSA) is 147 Å². The van der Waals surface area contributed by atoms with Crippen molar-refractivity contribution < 1.29 is 24.3 Å². The van der Waals surface area contributed by atoms with Crippen molar-refractivity contribution in [3.63, 3.8) is 0 Å². The molecule has 2 aliphatic heterocycles. The van der Waals surface area contributed by atoms with Crippen LogP contribution in [0.5, 0.6) is 0 Å². The van der Waals surface area contributed by atoms with Crippen molar-refractivity contribution in [1.29, 1.82) is 0 Å². The molecule has 4 rings (SSSR count). The van der Waals surface area contributed by atoms with Crippen LogP contribution >= 0.6 is 50.8 Å². The van der Waals surface area contributed by atoms with Crippen LogP contribution < -0.4 is 11.1 Å². The van der Waals surface area contributed by atoms with Gasteiger partial charge in [-0.05, 0) is 24.3 Å². The van der Waals surface area contributed by atoms with Crippen molar-refractivity contribution in [2.75, 3.05) is 18.6 Å². The first kappa shape index (κ1) is 23.6. The second kappa shape index (κ2) is 9.75. The maximum atomic E-state index is 12.9. The molecule has 33 heavy (non-hydrogen) atoms. The summed E-state index contributed by atoms with van der Waals surface area (Å²) < 4.78 is 0.908. The molecule has 10 nitrogen and oxygen atoms in total. The summed E-state index contributed by atoms with van der Waals surface area (Å²) in [7, 11) is 1.28. The normalized spacial score (nSPS) is 20.2. The number of aromatic nitrogens is 1. The number of rotatable bonds is 7. The number of carboxylic acid groups (broad SMARTS) is 1. The van der Waals surface area contributed by atoms with E-state index in [1.807, 2.05) is 24.3 Å². The lowest BCUT2D eigenvalue weighted by atomic mass is 10.0. The Balaban J connectivity index is 1.53. The molecule has 0 bridgehead atoms. The van der Waals surface area contributed by atoms with Crippen molar-refractivity contribution in [1.82, 2.24) is 15.2 Å². The van der Waals surface area contributed by atoms with E-state index < -0.39 is 29.2 Å². The third kappa shape index (κ3) is 4.74. The Morgan fingerprint density at radius 2 is 2.12 bits per heavy atom. The zero-order valence-electron chi connectivity index (χ0n) is 16.9. The summed E-state index contributed by atoms with van der Waals surface area (Å²) in [6.45, 7) is 0. The van der Waals surface area contributed by atoms with Crippen LogP contribution in [0, 0.1) is 0 Å². The minimum absolute atomic E-state index is 0.0692. The number of nitrogens with one attached hydrogen (secondary N) is 1. The van der Waals surface area contributed by atoms with E-state index in [0.29, 0.717) is 10.7 Å². The first-order valence-electron chi connectivity index (χ1n) is 9.28. The highest BCUT2D eigenvalue weighted by atomic mass is 79.9. The van der Waals surface area contributed by atoms with Crippen LogP contribution in [0.15, 0.2) is 54.8 Å². The summed E-state index contributed by atoms with van der Waals surface area (Å²) in [4.78, 5) is 49.1. The Morgan fingerprint density at radius 1 is 1.39 bits per heavy atom. The van der Waals surface area contributed by atoms with Crippen LogP contribution in [0.25, 0.3) is 0 Å². The summed E-state index contributed by atoms with van der Waals surface area (Å²) in [6.07, 6.45) is 0. The Morgan fingerprint density at radius 3 is 2.73 bits per heavy atom. The number of hydrogen-bond acceptors (Lipinski definition) is 10. The van der Waals surface area contributed by atoms with Crippen LogP contribution in [-0.2, 0) is 19.2 Å². The number of halogens is 1. The molecule has 0 unspecified atom stereocenters. The summed E-state index contributed by atoms with van der Waals surface area (Å²) in [5, 5.41) is 17.4. The number of nitrogens with zero attached hydrogens (tertiary/aromatic N) is 3. The molecular weight excluding hydrogens is 554 g/mol. The van der Waals surface area contributed by atoms with E-state index in [9.17, 15) is 19.5 Å². The van der Waals surface area contributed by atoms with Gasteiger partial charge in [0, 0.05) is 25.4 Å². The molecule has 1 aromatic carbocycles. The van der Waals surface area contributed by atoms with Gasteiger partial charge < -0.3 is 21.0 Å². The number of thioether (sulfide) groups is 2. The van der Waals surface area contributed by atoms with Crippen molar-refractivity contribution in [2.24, 2.45) is 5.16 Å².